The number of likely N-dealkylation sites (tertiary alicyclic amines) is 1. The van der Waals surface area contributed by atoms with Crippen molar-refractivity contribution < 1.29 is 28.8 Å². The van der Waals surface area contributed by atoms with E-state index in [1.807, 2.05) is 6.92 Å². The molecule has 0 radical (unpaired) electrons. The normalized spacial score (nSPS) is 17.0. The Kier molecular flexibility index (Phi) is 9.01. The van der Waals surface area contributed by atoms with E-state index in [0.717, 1.165) is 47.9 Å². The summed E-state index contributed by atoms with van der Waals surface area (Å²) in [5.74, 6) is 0.237. The third-order valence-electron chi connectivity index (χ3n) is 6.23. The smallest absolute Gasteiger partial charge is 0.294 e. The van der Waals surface area contributed by atoms with Gasteiger partial charge in [-0.2, -0.15) is 0 Å². The summed E-state index contributed by atoms with van der Waals surface area (Å²) in [4.78, 5) is 51.6. The number of nitro benzene ring substituents is 1. The quantitative estimate of drug-likeness (QED) is 0.248. The SMILES string of the molecule is CCOc1cc(C=C2SC(=O)N(CC(=O)N3CCCCCC3)C2=O)ccc1OCc1ccc([N+](=O)[O-])cc1. The highest BCUT2D eigenvalue weighted by atomic mass is 32.2. The van der Waals surface area contributed by atoms with E-state index in [1.54, 1.807) is 41.3 Å². The molecule has 2 aromatic carbocycles. The summed E-state index contributed by atoms with van der Waals surface area (Å²) < 4.78 is 11.6. The maximum atomic E-state index is 13.0. The van der Waals surface area contributed by atoms with Gasteiger partial charge in [-0.15, -0.1) is 0 Å². The molecule has 0 bridgehead atoms. The Hall–Kier alpha value is -3.86. The van der Waals surface area contributed by atoms with Crippen LogP contribution in [0.1, 0.15) is 43.7 Å². The fraction of sp³-hybridized carbons (Fsp3) is 0.370. The molecule has 2 aliphatic heterocycles. The van der Waals surface area contributed by atoms with Crippen LogP contribution in [0.5, 0.6) is 11.5 Å². The average Bonchev–Trinajstić information content (AvgIpc) is 3.09. The molecular formula is C27H29N3O7S. The summed E-state index contributed by atoms with van der Waals surface area (Å²) >= 11 is 0.811. The van der Waals surface area contributed by atoms with Crippen molar-refractivity contribution in [2.24, 2.45) is 0 Å². The van der Waals surface area contributed by atoms with E-state index in [0.29, 0.717) is 36.8 Å². The Balaban J connectivity index is 1.43. The lowest BCUT2D eigenvalue weighted by Gasteiger charge is -2.22. The van der Waals surface area contributed by atoms with Crippen molar-refractivity contribution >= 4 is 40.6 Å². The molecule has 2 aliphatic rings. The Morgan fingerprint density at radius 2 is 1.74 bits per heavy atom. The molecule has 3 amide bonds. The molecular weight excluding hydrogens is 510 g/mol. The lowest BCUT2D eigenvalue weighted by Crippen LogP contribution is -2.42. The highest BCUT2D eigenvalue weighted by molar-refractivity contribution is 8.18. The van der Waals surface area contributed by atoms with Gasteiger partial charge in [0.25, 0.3) is 16.8 Å². The first kappa shape index (κ1) is 27.2. The Morgan fingerprint density at radius 1 is 1.03 bits per heavy atom. The lowest BCUT2D eigenvalue weighted by molar-refractivity contribution is -0.384. The summed E-state index contributed by atoms with van der Waals surface area (Å²) in [7, 11) is 0. The van der Waals surface area contributed by atoms with Gasteiger partial charge in [0.1, 0.15) is 13.2 Å². The maximum Gasteiger partial charge on any atom is 0.294 e. The molecule has 2 saturated heterocycles. The first-order chi connectivity index (χ1) is 18.4. The van der Waals surface area contributed by atoms with E-state index in [4.69, 9.17) is 9.47 Å². The zero-order valence-electron chi connectivity index (χ0n) is 21.1. The number of carbonyl (C=O) groups excluding carboxylic acids is 3. The van der Waals surface area contributed by atoms with E-state index in [-0.39, 0.29) is 29.7 Å². The minimum atomic E-state index is -0.486. The number of amides is 3. The monoisotopic (exact) mass is 539 g/mol. The minimum Gasteiger partial charge on any atom is -0.490 e. The van der Waals surface area contributed by atoms with Crippen molar-refractivity contribution in [3.63, 3.8) is 0 Å². The number of benzene rings is 2. The number of nitrogens with zero attached hydrogens (tertiary/aromatic N) is 3. The average molecular weight is 540 g/mol. The first-order valence-electron chi connectivity index (χ1n) is 12.5. The summed E-state index contributed by atoms with van der Waals surface area (Å²) in [6.07, 6.45) is 5.63. The molecule has 0 aliphatic carbocycles. The molecule has 0 N–H and O–H groups in total. The number of rotatable bonds is 9. The molecule has 0 aromatic heterocycles. The van der Waals surface area contributed by atoms with Crippen LogP contribution in [0.25, 0.3) is 6.08 Å². The molecule has 0 spiro atoms. The van der Waals surface area contributed by atoms with Gasteiger partial charge in [-0.05, 0) is 73.0 Å². The van der Waals surface area contributed by atoms with Gasteiger partial charge in [0, 0.05) is 25.2 Å². The summed E-state index contributed by atoms with van der Waals surface area (Å²) in [6, 6.07) is 11.2. The third kappa shape index (κ3) is 6.71. The van der Waals surface area contributed by atoms with Gasteiger partial charge < -0.3 is 14.4 Å². The van der Waals surface area contributed by atoms with Crippen LogP contribution in [0.15, 0.2) is 47.4 Å². The fourth-order valence-corrected chi connectivity index (χ4v) is 5.06. The zero-order valence-corrected chi connectivity index (χ0v) is 21.9. The standard InChI is InChI=1S/C27H29N3O7S/c1-2-36-23-15-20(9-12-22(23)37-18-19-7-10-21(11-8-19)30(34)35)16-24-26(32)29(27(33)38-24)17-25(31)28-13-5-3-4-6-14-28/h7-12,15-16H,2-6,13-14,17-18H2,1H3. The molecule has 2 aromatic rings. The molecule has 2 fully saturated rings. The molecule has 11 heteroatoms. The second kappa shape index (κ2) is 12.6. The third-order valence-corrected chi connectivity index (χ3v) is 7.14. The van der Waals surface area contributed by atoms with Crippen molar-refractivity contribution in [1.82, 2.24) is 9.80 Å². The second-order valence-corrected chi connectivity index (χ2v) is 9.91. The first-order valence-corrected chi connectivity index (χ1v) is 13.3. The predicted octanol–water partition coefficient (Wildman–Crippen LogP) is 5.01. The van der Waals surface area contributed by atoms with Crippen LogP contribution in [-0.2, 0) is 16.2 Å². The molecule has 0 atom stereocenters. The lowest BCUT2D eigenvalue weighted by atomic mass is 10.1. The number of carbonyl (C=O) groups is 3. The number of non-ortho nitro benzene ring substituents is 1. The van der Waals surface area contributed by atoms with Crippen LogP contribution in [-0.4, -0.2) is 58.0 Å². The van der Waals surface area contributed by atoms with Crippen LogP contribution in [0, 0.1) is 10.1 Å². The molecule has 2 heterocycles. The molecule has 0 saturated carbocycles. The highest BCUT2D eigenvalue weighted by Gasteiger charge is 2.37. The van der Waals surface area contributed by atoms with Crippen molar-refractivity contribution in [2.45, 2.75) is 39.2 Å². The molecule has 38 heavy (non-hydrogen) atoms. The molecule has 10 nitrogen and oxygen atoms in total. The highest BCUT2D eigenvalue weighted by Crippen LogP contribution is 2.35. The largest absolute Gasteiger partial charge is 0.490 e. The van der Waals surface area contributed by atoms with Gasteiger partial charge in [-0.1, -0.05) is 18.9 Å². The number of nitro groups is 1. The predicted molar refractivity (Wildman–Crippen MR) is 143 cm³/mol. The minimum absolute atomic E-state index is 0.00355. The van der Waals surface area contributed by atoms with E-state index in [9.17, 15) is 24.5 Å². The van der Waals surface area contributed by atoms with Gasteiger partial charge in [-0.25, -0.2) is 0 Å². The van der Waals surface area contributed by atoms with Crippen LogP contribution < -0.4 is 9.47 Å². The van der Waals surface area contributed by atoms with Crippen molar-refractivity contribution in [3.05, 3.63) is 68.6 Å². The Morgan fingerprint density at radius 3 is 2.39 bits per heavy atom. The van der Waals surface area contributed by atoms with Crippen LogP contribution in [0.2, 0.25) is 0 Å². The number of ether oxygens (including phenoxy) is 2. The summed E-state index contributed by atoms with van der Waals surface area (Å²) in [6.45, 7) is 3.46. The van der Waals surface area contributed by atoms with Gasteiger partial charge >= 0.3 is 0 Å². The van der Waals surface area contributed by atoms with Crippen molar-refractivity contribution in [2.75, 3.05) is 26.2 Å². The second-order valence-electron chi connectivity index (χ2n) is 8.91. The maximum absolute atomic E-state index is 13.0. The topological polar surface area (TPSA) is 119 Å². The molecule has 200 valence electrons. The number of hydrogen-bond donors (Lipinski definition) is 0. The Bertz CT molecular complexity index is 1240. The van der Waals surface area contributed by atoms with E-state index in [2.05, 4.69) is 0 Å². The molecule has 0 unspecified atom stereocenters. The summed E-state index contributed by atoms with van der Waals surface area (Å²) in [5, 5.41) is 10.4. The number of hydrogen-bond acceptors (Lipinski definition) is 8. The van der Waals surface area contributed by atoms with Gasteiger partial charge in [0.15, 0.2) is 11.5 Å². The number of imide groups is 1. The van der Waals surface area contributed by atoms with Gasteiger partial charge in [-0.3, -0.25) is 29.4 Å². The van der Waals surface area contributed by atoms with Crippen LogP contribution >= 0.6 is 11.8 Å². The van der Waals surface area contributed by atoms with Gasteiger partial charge in [0.05, 0.1) is 16.4 Å². The number of thioether (sulfide) groups is 1. The fourth-order valence-electron chi connectivity index (χ4n) is 4.22. The van der Waals surface area contributed by atoms with E-state index >= 15 is 0 Å². The zero-order chi connectivity index (χ0) is 27.1. The molecule has 4 rings (SSSR count). The van der Waals surface area contributed by atoms with E-state index in [1.165, 1.54) is 12.1 Å². The van der Waals surface area contributed by atoms with Crippen LogP contribution in [0.3, 0.4) is 0 Å². The van der Waals surface area contributed by atoms with E-state index < -0.39 is 16.1 Å². The Labute approximate surface area is 224 Å². The van der Waals surface area contributed by atoms with Crippen molar-refractivity contribution in [1.29, 1.82) is 0 Å². The van der Waals surface area contributed by atoms with Crippen molar-refractivity contribution in [3.8, 4) is 11.5 Å². The van der Waals surface area contributed by atoms with Crippen LogP contribution in [0.4, 0.5) is 10.5 Å². The van der Waals surface area contributed by atoms with Gasteiger partial charge in [0.2, 0.25) is 5.91 Å². The summed E-state index contributed by atoms with van der Waals surface area (Å²) in [5.41, 5.74) is 1.40.